The lowest BCUT2D eigenvalue weighted by Crippen LogP contribution is -2.67. The Kier molecular flexibility index (Phi) is 5.63. The van der Waals surface area contributed by atoms with E-state index in [1.165, 1.54) is 0 Å². The molecule has 120 valence electrons. The first kappa shape index (κ1) is 18.6. The highest BCUT2D eigenvalue weighted by atomic mass is 28.5. The predicted molar refractivity (Wildman–Crippen MR) is 98.7 cm³/mol. The Balaban J connectivity index is 3.40. The van der Waals surface area contributed by atoms with Gasteiger partial charge in [0.15, 0.2) is 8.32 Å². The van der Waals surface area contributed by atoms with E-state index in [-0.39, 0.29) is 5.54 Å². The zero-order valence-corrected chi connectivity index (χ0v) is 17.7. The first-order valence-corrected chi connectivity index (χ1v) is 16.3. The minimum absolute atomic E-state index is 0.101. The van der Waals surface area contributed by atoms with E-state index in [1.807, 2.05) is 44.2 Å². The molecule has 1 aromatic rings. The van der Waals surface area contributed by atoms with Gasteiger partial charge in [-0.15, -0.1) is 0 Å². The summed E-state index contributed by atoms with van der Waals surface area (Å²) >= 11 is 0. The third-order valence-electron chi connectivity index (χ3n) is 3.15. The number of hydrogen-bond donors (Lipinski definition) is 0. The Morgan fingerprint density at radius 1 is 0.952 bits per heavy atom. The molecule has 0 aliphatic carbocycles. The molecular formula is C15H30FNOSi3. The maximum absolute atomic E-state index is 16.2. The fourth-order valence-electron chi connectivity index (χ4n) is 2.45. The van der Waals surface area contributed by atoms with Crippen molar-refractivity contribution in [2.24, 2.45) is 0 Å². The fourth-order valence-corrected chi connectivity index (χ4v) is 14.0. The maximum Gasteiger partial charge on any atom is 0.484 e. The van der Waals surface area contributed by atoms with Crippen molar-refractivity contribution < 1.29 is 8.22 Å². The van der Waals surface area contributed by atoms with Crippen LogP contribution in [0, 0.1) is 0 Å². The predicted octanol–water partition coefficient (Wildman–Crippen LogP) is 5.50. The Bertz CT molecular complexity index is 456. The minimum atomic E-state index is -3.51. The van der Waals surface area contributed by atoms with E-state index in [0.717, 1.165) is 5.69 Å². The molecular weight excluding hydrogens is 313 g/mol. The first-order chi connectivity index (χ1) is 9.38. The second-order valence-corrected chi connectivity index (χ2v) is 20.9. The van der Waals surface area contributed by atoms with Gasteiger partial charge in [0.2, 0.25) is 0 Å². The van der Waals surface area contributed by atoms with Gasteiger partial charge in [-0.25, -0.2) is 0 Å². The van der Waals surface area contributed by atoms with Crippen molar-refractivity contribution in [3.05, 3.63) is 30.3 Å². The highest BCUT2D eigenvalue weighted by Gasteiger charge is 2.54. The van der Waals surface area contributed by atoms with Crippen LogP contribution < -0.4 is 4.23 Å². The van der Waals surface area contributed by atoms with E-state index >= 15 is 4.11 Å². The molecule has 0 fully saturated rings. The fraction of sp³-hybridized carbons (Fsp3) is 0.600. The standard InChI is InChI=1S/C15H30FNOSi3/c1-14(2)21(16,18-20(6,7)8)17(19(3,4)5)15-12-10-9-11-13-15/h9-14H,1-8H3. The average Bonchev–Trinajstić information content (AvgIpc) is 2.25. The molecule has 0 spiro atoms. The minimum Gasteiger partial charge on any atom is -0.418 e. The lowest BCUT2D eigenvalue weighted by atomic mass is 10.3. The van der Waals surface area contributed by atoms with Gasteiger partial charge in [-0.1, -0.05) is 51.7 Å². The molecule has 1 atom stereocenters. The molecule has 0 saturated heterocycles. The smallest absolute Gasteiger partial charge is 0.418 e. The molecule has 0 N–H and O–H groups in total. The van der Waals surface area contributed by atoms with Gasteiger partial charge in [0.1, 0.15) is 8.24 Å². The van der Waals surface area contributed by atoms with Crippen LogP contribution in [-0.4, -0.2) is 25.4 Å². The van der Waals surface area contributed by atoms with Crippen molar-refractivity contribution >= 4 is 31.1 Å². The molecule has 1 unspecified atom stereocenters. The number of anilines is 1. The summed E-state index contributed by atoms with van der Waals surface area (Å²) in [4.78, 5) is 0. The van der Waals surface area contributed by atoms with E-state index in [1.54, 1.807) is 0 Å². The van der Waals surface area contributed by atoms with Gasteiger partial charge in [0, 0.05) is 11.2 Å². The van der Waals surface area contributed by atoms with Gasteiger partial charge in [0.25, 0.3) is 0 Å². The van der Waals surface area contributed by atoms with Gasteiger partial charge in [-0.05, 0) is 31.8 Å². The molecule has 0 aromatic heterocycles. The summed E-state index contributed by atoms with van der Waals surface area (Å²) in [5.74, 6) is 0. The Morgan fingerprint density at radius 2 is 1.43 bits per heavy atom. The van der Waals surface area contributed by atoms with Crippen LogP contribution in [0.3, 0.4) is 0 Å². The number of nitrogens with zero attached hydrogens (tertiary/aromatic N) is 1. The van der Waals surface area contributed by atoms with Crippen LogP contribution in [-0.2, 0) is 4.12 Å². The van der Waals surface area contributed by atoms with Crippen molar-refractivity contribution in [3.63, 3.8) is 0 Å². The van der Waals surface area contributed by atoms with Crippen molar-refractivity contribution in [1.29, 1.82) is 0 Å². The molecule has 6 heteroatoms. The molecule has 0 radical (unpaired) electrons. The molecule has 2 nitrogen and oxygen atoms in total. The zero-order valence-electron chi connectivity index (χ0n) is 14.7. The van der Waals surface area contributed by atoms with Crippen LogP contribution in [0.25, 0.3) is 0 Å². The summed E-state index contributed by atoms with van der Waals surface area (Å²) in [6.45, 7) is 16.7. The number of para-hydroxylation sites is 1. The van der Waals surface area contributed by atoms with Gasteiger partial charge < -0.3 is 8.35 Å². The molecule has 0 amide bonds. The van der Waals surface area contributed by atoms with E-state index in [9.17, 15) is 0 Å². The van der Waals surface area contributed by atoms with Crippen molar-refractivity contribution in [1.82, 2.24) is 0 Å². The van der Waals surface area contributed by atoms with Gasteiger partial charge in [0.05, 0.1) is 0 Å². The molecule has 1 aromatic carbocycles. The lowest BCUT2D eigenvalue weighted by Gasteiger charge is -2.48. The van der Waals surface area contributed by atoms with Gasteiger partial charge >= 0.3 is 8.81 Å². The van der Waals surface area contributed by atoms with Gasteiger partial charge in [-0.2, -0.15) is 0 Å². The molecule has 1 rings (SSSR count). The quantitative estimate of drug-likeness (QED) is 0.499. The number of rotatable bonds is 6. The van der Waals surface area contributed by atoms with E-state index in [4.69, 9.17) is 4.12 Å². The highest BCUT2D eigenvalue weighted by molar-refractivity contribution is 6.98. The topological polar surface area (TPSA) is 12.5 Å². The Morgan fingerprint density at radius 3 is 1.76 bits per heavy atom. The molecule has 21 heavy (non-hydrogen) atoms. The normalized spacial score (nSPS) is 15.9. The zero-order chi connectivity index (χ0) is 16.5. The van der Waals surface area contributed by atoms with Crippen molar-refractivity contribution in [3.8, 4) is 0 Å². The van der Waals surface area contributed by atoms with Crippen LogP contribution in [0.5, 0.6) is 0 Å². The van der Waals surface area contributed by atoms with Crippen LogP contribution in [0.15, 0.2) is 30.3 Å². The second kappa shape index (κ2) is 6.36. The third-order valence-corrected chi connectivity index (χ3v) is 13.6. The molecule has 0 heterocycles. The van der Waals surface area contributed by atoms with Crippen LogP contribution in [0.1, 0.15) is 13.8 Å². The maximum atomic E-state index is 16.2. The summed E-state index contributed by atoms with van der Waals surface area (Å²) in [5, 5.41) is 0. The highest BCUT2D eigenvalue weighted by Crippen LogP contribution is 2.37. The molecule has 0 bridgehead atoms. The first-order valence-electron chi connectivity index (χ1n) is 7.62. The summed E-state index contributed by atoms with van der Waals surface area (Å²) < 4.78 is 24.4. The van der Waals surface area contributed by atoms with E-state index < -0.39 is 25.4 Å². The Labute approximate surface area is 132 Å². The van der Waals surface area contributed by atoms with Crippen LogP contribution in [0.2, 0.25) is 44.8 Å². The number of hydrogen-bond acceptors (Lipinski definition) is 2. The third kappa shape index (κ3) is 4.77. The average molecular weight is 344 g/mol. The van der Waals surface area contributed by atoms with E-state index in [2.05, 4.69) is 43.5 Å². The van der Waals surface area contributed by atoms with Crippen LogP contribution in [0.4, 0.5) is 9.80 Å². The van der Waals surface area contributed by atoms with Crippen molar-refractivity contribution in [2.75, 3.05) is 4.23 Å². The summed E-state index contributed by atoms with van der Waals surface area (Å²) in [6.07, 6.45) is 0. The monoisotopic (exact) mass is 343 g/mol. The summed E-state index contributed by atoms with van der Waals surface area (Å²) in [7, 11) is -7.38. The van der Waals surface area contributed by atoms with E-state index in [0.29, 0.717) is 0 Å². The largest absolute Gasteiger partial charge is 0.484 e. The molecule has 0 aliphatic heterocycles. The van der Waals surface area contributed by atoms with Crippen LogP contribution >= 0.6 is 0 Å². The van der Waals surface area contributed by atoms with Gasteiger partial charge in [-0.3, -0.25) is 4.11 Å². The van der Waals surface area contributed by atoms with Crippen molar-refractivity contribution in [2.45, 2.75) is 58.7 Å². The summed E-state index contributed by atoms with van der Waals surface area (Å²) in [5.41, 5.74) is 0.869. The second-order valence-electron chi connectivity index (χ2n) is 7.82. The lowest BCUT2D eigenvalue weighted by molar-refractivity contribution is 0.437. The summed E-state index contributed by atoms with van der Waals surface area (Å²) in [6, 6.07) is 9.95. The SMILES string of the molecule is CC(C)[Si](F)(O[Si](C)(C)C)N(c1ccccc1)[Si](C)(C)C. The molecule has 0 aliphatic rings. The molecule has 0 saturated carbocycles. The number of halogens is 1. The number of benzene rings is 1. The Hall–Kier alpha value is -0.439.